The summed E-state index contributed by atoms with van der Waals surface area (Å²) in [7, 11) is 0. The van der Waals surface area contributed by atoms with Crippen LogP contribution in [-0.2, 0) is 11.2 Å². The van der Waals surface area contributed by atoms with Crippen LogP contribution in [0, 0.1) is 0 Å². The summed E-state index contributed by atoms with van der Waals surface area (Å²) < 4.78 is 5.25. The van der Waals surface area contributed by atoms with E-state index in [1.165, 1.54) is 12.3 Å². The molecule has 0 aliphatic carbocycles. The number of carbonyl (C=O) groups excluding carboxylic acids is 1. The number of aliphatic hydroxyl groups excluding tert-OH is 1. The standard InChI is InChI=1S/C15H12O5/c16-12(9-13(17)15(18)19)11-6-7-20-14(11)8-10-4-2-1-3-5-10/h1-7,9,17H,8H2,(H,18,19). The Morgan fingerprint density at radius 1 is 1.10 bits per heavy atom. The summed E-state index contributed by atoms with van der Waals surface area (Å²) in [5.41, 5.74) is 1.20. The summed E-state index contributed by atoms with van der Waals surface area (Å²) in [6.07, 6.45) is 2.44. The van der Waals surface area contributed by atoms with Crippen molar-refractivity contribution in [2.75, 3.05) is 0 Å². The van der Waals surface area contributed by atoms with E-state index in [0.29, 0.717) is 18.3 Å². The van der Waals surface area contributed by atoms with Crippen molar-refractivity contribution in [3.8, 4) is 0 Å². The Kier molecular flexibility index (Phi) is 4.00. The van der Waals surface area contributed by atoms with Crippen molar-refractivity contribution in [3.63, 3.8) is 0 Å². The van der Waals surface area contributed by atoms with Crippen LogP contribution in [0.1, 0.15) is 21.7 Å². The van der Waals surface area contributed by atoms with Crippen LogP contribution in [0.15, 0.2) is 58.9 Å². The monoisotopic (exact) mass is 272 g/mol. The maximum absolute atomic E-state index is 11.9. The number of aliphatic hydroxyl groups is 1. The predicted octanol–water partition coefficient (Wildman–Crippen LogP) is 2.58. The average Bonchev–Trinajstić information content (AvgIpc) is 2.88. The van der Waals surface area contributed by atoms with Crippen molar-refractivity contribution in [1.29, 1.82) is 0 Å². The second kappa shape index (κ2) is 5.88. The summed E-state index contributed by atoms with van der Waals surface area (Å²) in [6.45, 7) is 0. The van der Waals surface area contributed by atoms with Crippen LogP contribution in [0.5, 0.6) is 0 Å². The molecule has 20 heavy (non-hydrogen) atoms. The van der Waals surface area contributed by atoms with Gasteiger partial charge in [-0.25, -0.2) is 4.79 Å². The van der Waals surface area contributed by atoms with E-state index < -0.39 is 17.5 Å². The molecule has 2 aromatic rings. The Morgan fingerprint density at radius 2 is 1.80 bits per heavy atom. The summed E-state index contributed by atoms with van der Waals surface area (Å²) >= 11 is 0. The van der Waals surface area contributed by atoms with Gasteiger partial charge in [0.1, 0.15) is 5.76 Å². The SMILES string of the molecule is O=C(O)C(O)=CC(=O)c1ccoc1Cc1ccccc1. The lowest BCUT2D eigenvalue weighted by Gasteiger charge is -2.00. The number of rotatable bonds is 5. The van der Waals surface area contributed by atoms with Crippen LogP contribution in [0.2, 0.25) is 0 Å². The molecular formula is C15H12O5. The molecule has 0 bridgehead atoms. The Bertz CT molecular complexity index is 652. The zero-order valence-electron chi connectivity index (χ0n) is 10.4. The van der Waals surface area contributed by atoms with E-state index in [1.807, 2.05) is 30.3 Å². The van der Waals surface area contributed by atoms with Gasteiger partial charge in [-0.1, -0.05) is 30.3 Å². The molecule has 0 atom stereocenters. The van der Waals surface area contributed by atoms with Crippen LogP contribution in [0.4, 0.5) is 0 Å². The molecule has 2 N–H and O–H groups in total. The fourth-order valence-electron chi connectivity index (χ4n) is 1.74. The van der Waals surface area contributed by atoms with Gasteiger partial charge in [-0.05, 0) is 11.6 Å². The van der Waals surface area contributed by atoms with Crippen molar-refractivity contribution in [2.24, 2.45) is 0 Å². The van der Waals surface area contributed by atoms with E-state index in [4.69, 9.17) is 14.6 Å². The molecule has 0 spiro atoms. The minimum absolute atomic E-state index is 0.238. The molecule has 1 aromatic carbocycles. The average molecular weight is 272 g/mol. The van der Waals surface area contributed by atoms with Crippen molar-refractivity contribution in [1.82, 2.24) is 0 Å². The van der Waals surface area contributed by atoms with Crippen LogP contribution in [0.25, 0.3) is 0 Å². The van der Waals surface area contributed by atoms with E-state index in [0.717, 1.165) is 5.56 Å². The molecule has 0 saturated heterocycles. The third kappa shape index (κ3) is 3.14. The first-order valence-corrected chi connectivity index (χ1v) is 5.86. The van der Waals surface area contributed by atoms with Crippen molar-refractivity contribution in [3.05, 3.63) is 71.4 Å². The van der Waals surface area contributed by atoms with Gasteiger partial charge in [-0.15, -0.1) is 0 Å². The number of hydrogen-bond acceptors (Lipinski definition) is 4. The van der Waals surface area contributed by atoms with E-state index in [-0.39, 0.29) is 5.56 Å². The number of carboxylic acids is 1. The second-order valence-electron chi connectivity index (χ2n) is 4.12. The fourth-order valence-corrected chi connectivity index (χ4v) is 1.74. The van der Waals surface area contributed by atoms with E-state index in [2.05, 4.69) is 0 Å². The lowest BCUT2D eigenvalue weighted by atomic mass is 10.0. The van der Waals surface area contributed by atoms with Crippen LogP contribution < -0.4 is 0 Å². The molecule has 0 saturated carbocycles. The topological polar surface area (TPSA) is 87.7 Å². The van der Waals surface area contributed by atoms with Crippen LogP contribution in [0.3, 0.4) is 0 Å². The molecule has 5 heteroatoms. The minimum atomic E-state index is -1.55. The van der Waals surface area contributed by atoms with Crippen molar-refractivity contribution >= 4 is 11.8 Å². The number of ketones is 1. The number of carbonyl (C=O) groups is 2. The second-order valence-corrected chi connectivity index (χ2v) is 4.12. The van der Waals surface area contributed by atoms with Gasteiger partial charge in [0, 0.05) is 12.5 Å². The molecule has 0 amide bonds. The molecule has 0 unspecified atom stereocenters. The Morgan fingerprint density at radius 3 is 2.45 bits per heavy atom. The van der Waals surface area contributed by atoms with E-state index >= 15 is 0 Å². The molecule has 2 rings (SSSR count). The highest BCUT2D eigenvalue weighted by Gasteiger charge is 2.15. The number of hydrogen-bond donors (Lipinski definition) is 2. The highest BCUT2D eigenvalue weighted by Crippen LogP contribution is 2.17. The van der Waals surface area contributed by atoms with Gasteiger partial charge in [0.15, 0.2) is 5.78 Å². The lowest BCUT2D eigenvalue weighted by Crippen LogP contribution is -2.05. The van der Waals surface area contributed by atoms with Crippen LogP contribution >= 0.6 is 0 Å². The predicted molar refractivity (Wildman–Crippen MR) is 70.6 cm³/mol. The smallest absolute Gasteiger partial charge is 0.371 e. The molecule has 1 heterocycles. The molecular weight excluding hydrogens is 260 g/mol. The largest absolute Gasteiger partial charge is 0.502 e. The molecule has 0 fully saturated rings. The molecule has 102 valence electrons. The van der Waals surface area contributed by atoms with Gasteiger partial charge in [0.05, 0.1) is 11.8 Å². The van der Waals surface area contributed by atoms with E-state index in [9.17, 15) is 9.59 Å². The van der Waals surface area contributed by atoms with Gasteiger partial charge >= 0.3 is 5.97 Å². The summed E-state index contributed by atoms with van der Waals surface area (Å²) in [5.74, 6) is -2.73. The third-order valence-electron chi connectivity index (χ3n) is 2.71. The van der Waals surface area contributed by atoms with Gasteiger partial charge in [-0.2, -0.15) is 0 Å². The van der Waals surface area contributed by atoms with Gasteiger partial charge in [0.25, 0.3) is 0 Å². The van der Waals surface area contributed by atoms with Gasteiger partial charge in [-0.3, -0.25) is 4.79 Å². The summed E-state index contributed by atoms with van der Waals surface area (Å²) in [5, 5.41) is 17.6. The highest BCUT2D eigenvalue weighted by atomic mass is 16.4. The zero-order valence-corrected chi connectivity index (χ0v) is 10.4. The zero-order chi connectivity index (χ0) is 14.5. The van der Waals surface area contributed by atoms with Gasteiger partial charge < -0.3 is 14.6 Å². The van der Waals surface area contributed by atoms with Crippen molar-refractivity contribution in [2.45, 2.75) is 6.42 Å². The van der Waals surface area contributed by atoms with Crippen molar-refractivity contribution < 1.29 is 24.2 Å². The molecule has 0 radical (unpaired) electrons. The maximum Gasteiger partial charge on any atom is 0.371 e. The Hall–Kier alpha value is -2.82. The number of benzene rings is 1. The maximum atomic E-state index is 11.9. The quantitative estimate of drug-likeness (QED) is 0.496. The van der Waals surface area contributed by atoms with Gasteiger partial charge in [0.2, 0.25) is 5.76 Å². The normalized spacial score (nSPS) is 11.3. The first kappa shape index (κ1) is 13.6. The molecule has 0 aliphatic heterocycles. The first-order valence-electron chi connectivity index (χ1n) is 5.86. The fraction of sp³-hybridized carbons (Fsp3) is 0.0667. The molecule has 5 nitrogen and oxygen atoms in total. The Labute approximate surface area is 114 Å². The Balaban J connectivity index is 2.23. The highest BCUT2D eigenvalue weighted by molar-refractivity contribution is 6.08. The summed E-state index contributed by atoms with van der Waals surface area (Å²) in [4.78, 5) is 22.4. The number of furan rings is 1. The molecule has 0 aliphatic rings. The molecule has 1 aromatic heterocycles. The first-order chi connectivity index (χ1) is 9.58. The lowest BCUT2D eigenvalue weighted by molar-refractivity contribution is -0.135. The minimum Gasteiger partial charge on any atom is -0.502 e. The number of carboxylic acid groups (broad SMARTS) is 1. The summed E-state index contributed by atoms with van der Waals surface area (Å²) in [6, 6.07) is 10.9. The van der Waals surface area contributed by atoms with Crippen LogP contribution in [-0.4, -0.2) is 22.0 Å². The van der Waals surface area contributed by atoms with E-state index in [1.54, 1.807) is 0 Å². The number of allylic oxidation sites excluding steroid dienone is 1. The third-order valence-corrected chi connectivity index (χ3v) is 2.71. The number of aliphatic carboxylic acids is 1.